The molecule has 124 valence electrons. The van der Waals surface area contributed by atoms with Crippen molar-refractivity contribution in [3.05, 3.63) is 29.8 Å². The van der Waals surface area contributed by atoms with Crippen molar-refractivity contribution in [2.75, 3.05) is 24.7 Å². The molecule has 2 aliphatic rings. The van der Waals surface area contributed by atoms with Gasteiger partial charge in [-0.3, -0.25) is 14.6 Å². The van der Waals surface area contributed by atoms with Gasteiger partial charge in [-0.15, -0.1) is 0 Å². The number of likely N-dealkylation sites (tertiary alicyclic amines) is 1. The SMILES string of the molecule is Cc1ccc(N2C(=O)N(CN3CCCC(C)C3)C(=O)C2C)cc1. The number of piperidine rings is 1. The zero-order valence-electron chi connectivity index (χ0n) is 14.2. The van der Waals surface area contributed by atoms with Crippen LogP contribution in [0.2, 0.25) is 0 Å². The monoisotopic (exact) mass is 315 g/mol. The van der Waals surface area contributed by atoms with Crippen molar-refractivity contribution >= 4 is 17.6 Å². The molecule has 5 nitrogen and oxygen atoms in total. The summed E-state index contributed by atoms with van der Waals surface area (Å²) in [6, 6.07) is 7.10. The number of benzene rings is 1. The van der Waals surface area contributed by atoms with E-state index >= 15 is 0 Å². The van der Waals surface area contributed by atoms with Gasteiger partial charge in [0.2, 0.25) is 0 Å². The molecule has 0 bridgehead atoms. The summed E-state index contributed by atoms with van der Waals surface area (Å²) in [7, 11) is 0. The lowest BCUT2D eigenvalue weighted by molar-refractivity contribution is -0.128. The van der Waals surface area contributed by atoms with Crippen molar-refractivity contribution in [2.45, 2.75) is 39.7 Å². The van der Waals surface area contributed by atoms with Gasteiger partial charge >= 0.3 is 6.03 Å². The Bertz CT molecular complexity index is 599. The Morgan fingerprint density at radius 3 is 2.48 bits per heavy atom. The summed E-state index contributed by atoms with van der Waals surface area (Å²) < 4.78 is 0. The van der Waals surface area contributed by atoms with E-state index < -0.39 is 6.04 Å². The number of hydrogen-bond donors (Lipinski definition) is 0. The topological polar surface area (TPSA) is 43.9 Å². The minimum atomic E-state index is -0.438. The highest BCUT2D eigenvalue weighted by Crippen LogP contribution is 2.27. The van der Waals surface area contributed by atoms with Crippen LogP contribution >= 0.6 is 0 Å². The molecular formula is C18H25N3O2. The number of hydrogen-bond acceptors (Lipinski definition) is 3. The lowest BCUT2D eigenvalue weighted by Crippen LogP contribution is -2.45. The van der Waals surface area contributed by atoms with E-state index in [-0.39, 0.29) is 11.9 Å². The Morgan fingerprint density at radius 2 is 1.83 bits per heavy atom. The van der Waals surface area contributed by atoms with E-state index in [1.54, 1.807) is 11.8 Å². The van der Waals surface area contributed by atoms with E-state index in [1.165, 1.54) is 11.3 Å². The summed E-state index contributed by atoms with van der Waals surface area (Å²) in [5.41, 5.74) is 1.93. The van der Waals surface area contributed by atoms with Gasteiger partial charge in [0.25, 0.3) is 5.91 Å². The standard InChI is InChI=1S/C18H25N3O2/c1-13-6-8-16(9-7-13)21-15(3)17(22)20(18(21)23)12-19-10-4-5-14(2)11-19/h6-9,14-15H,4-5,10-12H2,1-3H3. The Kier molecular flexibility index (Phi) is 4.39. The zero-order chi connectivity index (χ0) is 16.6. The molecule has 3 rings (SSSR count). The first kappa shape index (κ1) is 16.0. The fourth-order valence-electron chi connectivity index (χ4n) is 3.51. The average molecular weight is 315 g/mol. The summed E-state index contributed by atoms with van der Waals surface area (Å²) in [4.78, 5) is 30.6. The highest BCUT2D eigenvalue weighted by atomic mass is 16.2. The summed E-state index contributed by atoms with van der Waals surface area (Å²) in [6.45, 7) is 8.36. The van der Waals surface area contributed by atoms with Gasteiger partial charge < -0.3 is 0 Å². The average Bonchev–Trinajstić information content (AvgIpc) is 2.73. The van der Waals surface area contributed by atoms with Crippen LogP contribution in [0.3, 0.4) is 0 Å². The lowest BCUT2D eigenvalue weighted by atomic mass is 10.0. The third-order valence-electron chi connectivity index (χ3n) is 4.84. The summed E-state index contributed by atoms with van der Waals surface area (Å²) >= 11 is 0. The van der Waals surface area contributed by atoms with Crippen molar-refractivity contribution in [3.8, 4) is 0 Å². The highest BCUT2D eigenvalue weighted by Gasteiger charge is 2.43. The molecule has 3 amide bonds. The molecule has 2 saturated heterocycles. The quantitative estimate of drug-likeness (QED) is 0.806. The molecule has 0 saturated carbocycles. The van der Waals surface area contributed by atoms with Crippen LogP contribution in [-0.4, -0.2) is 47.5 Å². The van der Waals surface area contributed by atoms with Gasteiger partial charge in [-0.05, 0) is 51.3 Å². The Labute approximate surface area is 137 Å². The molecular weight excluding hydrogens is 290 g/mol. The fraction of sp³-hybridized carbons (Fsp3) is 0.556. The smallest absolute Gasteiger partial charge is 0.285 e. The van der Waals surface area contributed by atoms with E-state index in [0.717, 1.165) is 30.8 Å². The number of carbonyl (C=O) groups is 2. The van der Waals surface area contributed by atoms with E-state index in [9.17, 15) is 9.59 Å². The second-order valence-corrected chi connectivity index (χ2v) is 6.90. The predicted molar refractivity (Wildman–Crippen MR) is 90.2 cm³/mol. The maximum absolute atomic E-state index is 12.8. The van der Waals surface area contributed by atoms with Gasteiger partial charge in [0.15, 0.2) is 0 Å². The Hall–Kier alpha value is -1.88. The highest BCUT2D eigenvalue weighted by molar-refractivity contribution is 6.14. The number of urea groups is 1. The summed E-state index contributed by atoms with van der Waals surface area (Å²) in [5, 5.41) is 0. The van der Waals surface area contributed by atoms with Crippen LogP contribution in [0.4, 0.5) is 10.5 Å². The summed E-state index contributed by atoms with van der Waals surface area (Å²) in [5.74, 6) is 0.524. The third kappa shape index (κ3) is 3.11. The van der Waals surface area contributed by atoms with Gasteiger partial charge in [0.1, 0.15) is 6.04 Å². The lowest BCUT2D eigenvalue weighted by Gasteiger charge is -2.32. The summed E-state index contributed by atoms with van der Waals surface area (Å²) in [6.07, 6.45) is 2.36. The molecule has 2 aliphatic heterocycles. The fourth-order valence-corrected chi connectivity index (χ4v) is 3.51. The largest absolute Gasteiger partial charge is 0.333 e. The third-order valence-corrected chi connectivity index (χ3v) is 4.84. The van der Waals surface area contributed by atoms with Crippen molar-refractivity contribution in [3.63, 3.8) is 0 Å². The Morgan fingerprint density at radius 1 is 1.13 bits per heavy atom. The van der Waals surface area contributed by atoms with E-state index in [4.69, 9.17) is 0 Å². The maximum atomic E-state index is 12.8. The minimum absolute atomic E-state index is 0.103. The van der Waals surface area contributed by atoms with Crippen LogP contribution < -0.4 is 4.90 Å². The molecule has 1 aromatic carbocycles. The van der Waals surface area contributed by atoms with Crippen LogP contribution in [0, 0.1) is 12.8 Å². The van der Waals surface area contributed by atoms with Crippen LogP contribution in [0.1, 0.15) is 32.3 Å². The van der Waals surface area contributed by atoms with Gasteiger partial charge in [-0.25, -0.2) is 9.69 Å². The van der Waals surface area contributed by atoms with Gasteiger partial charge in [-0.2, -0.15) is 0 Å². The normalized spacial score (nSPS) is 26.2. The molecule has 2 atom stereocenters. The van der Waals surface area contributed by atoms with Crippen molar-refractivity contribution in [1.82, 2.24) is 9.80 Å². The number of nitrogens with zero attached hydrogens (tertiary/aromatic N) is 3. The Balaban J connectivity index is 1.76. The van der Waals surface area contributed by atoms with Gasteiger partial charge in [0, 0.05) is 12.2 Å². The second kappa shape index (κ2) is 6.32. The number of rotatable bonds is 3. The van der Waals surface area contributed by atoms with Crippen LogP contribution in [0.25, 0.3) is 0 Å². The van der Waals surface area contributed by atoms with E-state index in [0.29, 0.717) is 12.6 Å². The van der Waals surface area contributed by atoms with Gasteiger partial charge in [0.05, 0.1) is 6.67 Å². The molecule has 2 fully saturated rings. The first-order chi connectivity index (χ1) is 11.0. The van der Waals surface area contributed by atoms with Crippen molar-refractivity contribution in [1.29, 1.82) is 0 Å². The first-order valence-electron chi connectivity index (χ1n) is 8.41. The maximum Gasteiger partial charge on any atom is 0.333 e. The van der Waals surface area contributed by atoms with Crippen LogP contribution in [-0.2, 0) is 4.79 Å². The molecule has 0 radical (unpaired) electrons. The van der Waals surface area contributed by atoms with Crippen LogP contribution in [0.5, 0.6) is 0 Å². The molecule has 1 aromatic rings. The number of imide groups is 1. The first-order valence-corrected chi connectivity index (χ1v) is 8.41. The minimum Gasteiger partial charge on any atom is -0.285 e. The molecule has 23 heavy (non-hydrogen) atoms. The molecule has 0 spiro atoms. The van der Waals surface area contributed by atoms with Crippen molar-refractivity contribution in [2.24, 2.45) is 5.92 Å². The van der Waals surface area contributed by atoms with Crippen LogP contribution in [0.15, 0.2) is 24.3 Å². The van der Waals surface area contributed by atoms with Gasteiger partial charge in [-0.1, -0.05) is 24.6 Å². The van der Waals surface area contributed by atoms with Crippen molar-refractivity contribution < 1.29 is 9.59 Å². The molecule has 0 aromatic heterocycles. The predicted octanol–water partition coefficient (Wildman–Crippen LogP) is 2.84. The molecule has 0 N–H and O–H groups in total. The number of aryl methyl sites for hydroxylation is 1. The molecule has 2 unspecified atom stereocenters. The number of amides is 3. The molecule has 5 heteroatoms. The number of carbonyl (C=O) groups excluding carboxylic acids is 2. The second-order valence-electron chi connectivity index (χ2n) is 6.90. The zero-order valence-corrected chi connectivity index (χ0v) is 14.2. The molecule has 2 heterocycles. The van der Waals surface area contributed by atoms with E-state index in [2.05, 4.69) is 11.8 Å². The number of anilines is 1. The molecule has 0 aliphatic carbocycles. The van der Waals surface area contributed by atoms with E-state index in [1.807, 2.05) is 31.2 Å².